The van der Waals surface area contributed by atoms with Crippen LogP contribution in [0.1, 0.15) is 6.92 Å². The molecular formula is C13H18Ti. The van der Waals surface area contributed by atoms with Crippen molar-refractivity contribution in [3.8, 4) is 0 Å². The minimum Gasteiger partial charge on any atom is -0.358 e. The molecule has 0 aromatic rings. The van der Waals surface area contributed by atoms with Gasteiger partial charge in [0.1, 0.15) is 0 Å². The van der Waals surface area contributed by atoms with E-state index in [2.05, 4.69) is 19.8 Å². The molecule has 0 amide bonds. The summed E-state index contributed by atoms with van der Waals surface area (Å²) in [5, 5.41) is 0. The average molecular weight is 222 g/mol. The third kappa shape index (κ3) is 10.8. The molecule has 0 unspecified atom stereocenters. The summed E-state index contributed by atoms with van der Waals surface area (Å²) in [5.74, 6) is 1.34. The predicted molar refractivity (Wildman–Crippen MR) is 60.4 cm³/mol. The maximum atomic E-state index is 2.08. The van der Waals surface area contributed by atoms with Crippen molar-refractivity contribution in [3.05, 3.63) is 78.6 Å². The first-order chi connectivity index (χ1) is 5.39. The molecule has 2 aliphatic carbocycles. The first kappa shape index (κ1) is 20.2. The Balaban J connectivity index is -0.000000144. The fraction of sp³-hybridized carbons (Fsp3) is 0.0769. The zero-order valence-electron chi connectivity index (χ0n) is 9.20. The van der Waals surface area contributed by atoms with E-state index in [9.17, 15) is 0 Å². The Morgan fingerprint density at radius 1 is 0.643 bits per heavy atom. The molecule has 0 aromatic carbocycles. The van der Waals surface area contributed by atoms with Gasteiger partial charge in [0.2, 0.25) is 0 Å². The maximum absolute atomic E-state index is 2.08. The summed E-state index contributed by atoms with van der Waals surface area (Å²) < 4.78 is 0. The van der Waals surface area contributed by atoms with E-state index in [0.29, 0.717) is 0 Å². The Bertz CT molecular complexity index is 73.6. The van der Waals surface area contributed by atoms with Crippen molar-refractivity contribution in [2.75, 3.05) is 0 Å². The Morgan fingerprint density at radius 2 is 0.929 bits per heavy atom. The molecule has 0 saturated heterocycles. The minimum absolute atomic E-state index is 0. The molecule has 0 spiro atoms. The molecule has 14 heavy (non-hydrogen) atoms. The van der Waals surface area contributed by atoms with Crippen molar-refractivity contribution in [2.24, 2.45) is 0 Å². The Hall–Kier alpha value is 0.714. The summed E-state index contributed by atoms with van der Waals surface area (Å²) in [6, 6.07) is 0. The predicted octanol–water partition coefficient (Wildman–Crippen LogP) is 3.33. The van der Waals surface area contributed by atoms with Crippen LogP contribution in [0.5, 0.6) is 0 Å². The first-order valence-electron chi connectivity index (χ1n) is 3.74. The molecule has 2 rings (SSSR count). The van der Waals surface area contributed by atoms with Gasteiger partial charge < -0.3 is 14.9 Å². The van der Waals surface area contributed by atoms with Crippen LogP contribution in [0.25, 0.3) is 0 Å². The molecule has 10 radical (unpaired) electrons. The third-order valence-electron chi connectivity index (χ3n) is 1.38. The van der Waals surface area contributed by atoms with Crippen molar-refractivity contribution < 1.29 is 21.7 Å². The summed E-state index contributed by atoms with van der Waals surface area (Å²) in [7, 11) is 0. The molecule has 2 fully saturated rings. The van der Waals surface area contributed by atoms with Gasteiger partial charge in [-0.3, -0.25) is 0 Å². The van der Waals surface area contributed by atoms with E-state index in [-0.39, 0.29) is 36.6 Å². The Labute approximate surface area is 107 Å². The van der Waals surface area contributed by atoms with Gasteiger partial charge in [-0.2, -0.15) is 0 Å². The summed E-state index contributed by atoms with van der Waals surface area (Å²) >= 11 is 0. The van der Waals surface area contributed by atoms with Crippen molar-refractivity contribution >= 4 is 0 Å². The summed E-state index contributed by atoms with van der Waals surface area (Å²) in [5.41, 5.74) is 0. The van der Waals surface area contributed by atoms with Crippen LogP contribution in [0.3, 0.4) is 0 Å². The normalized spacial score (nSPS) is 19.5. The van der Waals surface area contributed by atoms with E-state index in [1.54, 1.807) is 0 Å². The van der Waals surface area contributed by atoms with Crippen molar-refractivity contribution in [1.29, 1.82) is 0 Å². The van der Waals surface area contributed by atoms with Crippen LogP contribution in [-0.2, 0) is 21.7 Å². The van der Waals surface area contributed by atoms with Gasteiger partial charge in [0.15, 0.2) is 0 Å². The summed E-state index contributed by atoms with van der Waals surface area (Å²) in [4.78, 5) is 0. The Kier molecular flexibility index (Phi) is 19.8. The van der Waals surface area contributed by atoms with Gasteiger partial charge in [-0.05, 0) is 63.7 Å². The quantitative estimate of drug-likeness (QED) is 0.435. The second kappa shape index (κ2) is 13.7. The van der Waals surface area contributed by atoms with E-state index in [0.717, 1.165) is 0 Å². The van der Waals surface area contributed by atoms with Crippen LogP contribution in [0.2, 0.25) is 0 Å². The fourth-order valence-corrected chi connectivity index (χ4v) is 0.791. The molecule has 2 saturated carbocycles. The van der Waals surface area contributed by atoms with Crippen LogP contribution in [0, 0.1) is 78.6 Å². The van der Waals surface area contributed by atoms with Crippen molar-refractivity contribution in [2.45, 2.75) is 6.92 Å². The molecule has 0 N–H and O–H groups in total. The van der Waals surface area contributed by atoms with Crippen LogP contribution >= 0.6 is 0 Å². The number of rotatable bonds is 0. The van der Waals surface area contributed by atoms with E-state index in [1.165, 1.54) is 5.92 Å². The van der Waals surface area contributed by atoms with E-state index >= 15 is 0 Å². The van der Waals surface area contributed by atoms with Gasteiger partial charge in [-0.25, -0.2) is 0 Å². The van der Waals surface area contributed by atoms with Crippen molar-refractivity contribution in [1.82, 2.24) is 0 Å². The van der Waals surface area contributed by atoms with Crippen molar-refractivity contribution in [3.63, 3.8) is 0 Å². The van der Waals surface area contributed by atoms with E-state index in [1.807, 2.05) is 44.9 Å². The SMILES string of the molecule is C[C]1[CH][CH][CH][CH]1.[CH3-].[CH3-].[CH]1[CH][CH][CH][CH]1.[Ti+2]. The Morgan fingerprint density at radius 3 is 1.07 bits per heavy atom. The molecule has 0 bridgehead atoms. The molecule has 2 aliphatic rings. The third-order valence-corrected chi connectivity index (χ3v) is 1.38. The molecule has 0 heterocycles. The van der Waals surface area contributed by atoms with Gasteiger partial charge in [0, 0.05) is 0 Å². The summed E-state index contributed by atoms with van der Waals surface area (Å²) in [6.07, 6.45) is 18.2. The van der Waals surface area contributed by atoms with E-state index in [4.69, 9.17) is 0 Å². The zero-order chi connectivity index (χ0) is 7.94. The van der Waals surface area contributed by atoms with Crippen LogP contribution in [0.4, 0.5) is 0 Å². The molecule has 1 heteroatoms. The van der Waals surface area contributed by atoms with Gasteiger partial charge in [0.25, 0.3) is 0 Å². The maximum Gasteiger partial charge on any atom is 2.00 e. The minimum atomic E-state index is 0. The van der Waals surface area contributed by atoms with Gasteiger partial charge >= 0.3 is 21.7 Å². The van der Waals surface area contributed by atoms with Gasteiger partial charge in [-0.15, -0.1) is 0 Å². The smallest absolute Gasteiger partial charge is 0.358 e. The van der Waals surface area contributed by atoms with Crippen LogP contribution in [0.15, 0.2) is 0 Å². The number of hydrogen-bond acceptors (Lipinski definition) is 0. The topological polar surface area (TPSA) is 0 Å². The largest absolute Gasteiger partial charge is 2.00 e. The molecule has 0 aliphatic heterocycles. The standard InChI is InChI=1S/C6H7.C5H5.2CH3.Ti/c1-6-4-2-3-5-6;1-2-4-5-3-1;;;/h2-5H,1H3;1-5H;2*1H3;/q;;2*-1;+2. The summed E-state index contributed by atoms with van der Waals surface area (Å²) in [6.45, 7) is 2.08. The van der Waals surface area contributed by atoms with Crippen LogP contribution < -0.4 is 0 Å². The molecule has 0 atom stereocenters. The molecule has 0 nitrogen and oxygen atoms in total. The van der Waals surface area contributed by atoms with Gasteiger partial charge in [-0.1, -0.05) is 6.92 Å². The molecule has 74 valence electrons. The molecule has 0 aromatic heterocycles. The average Bonchev–Trinajstić information content (AvgIpc) is 2.57. The monoisotopic (exact) mass is 222 g/mol. The second-order valence-corrected chi connectivity index (χ2v) is 2.42. The number of hydrogen-bond donors (Lipinski definition) is 0. The second-order valence-electron chi connectivity index (χ2n) is 2.42. The zero-order valence-corrected chi connectivity index (χ0v) is 10.8. The first-order valence-corrected chi connectivity index (χ1v) is 3.74. The molecular weight excluding hydrogens is 204 g/mol. The van der Waals surface area contributed by atoms with E-state index < -0.39 is 0 Å². The fourth-order valence-electron chi connectivity index (χ4n) is 0.791. The van der Waals surface area contributed by atoms with Gasteiger partial charge in [0.05, 0.1) is 0 Å². The van der Waals surface area contributed by atoms with Crippen LogP contribution in [-0.4, -0.2) is 0 Å².